The van der Waals surface area contributed by atoms with Crippen LogP contribution in [-0.2, 0) is 6.54 Å². The number of aliphatic imine (C=N–C) groups is 1. The molecule has 0 bridgehead atoms. The number of likely N-dealkylation sites (N-methyl/N-ethyl adjacent to an activating group) is 1. The molecule has 0 aliphatic carbocycles. The minimum absolute atomic E-state index is 0. The lowest BCUT2D eigenvalue weighted by atomic mass is 10.2. The van der Waals surface area contributed by atoms with Gasteiger partial charge in [0.1, 0.15) is 5.82 Å². The molecule has 0 amide bonds. The van der Waals surface area contributed by atoms with Crippen LogP contribution in [0.1, 0.15) is 38.2 Å². The molecule has 1 aromatic rings. The number of anilines is 1. The van der Waals surface area contributed by atoms with Gasteiger partial charge in [0.15, 0.2) is 5.96 Å². The van der Waals surface area contributed by atoms with E-state index in [0.717, 1.165) is 50.5 Å². The molecule has 2 rings (SSSR count). The van der Waals surface area contributed by atoms with Gasteiger partial charge < -0.3 is 20.9 Å². The molecule has 0 spiro atoms. The second kappa shape index (κ2) is 12.3. The first-order chi connectivity index (χ1) is 11.7. The highest BCUT2D eigenvalue weighted by Crippen LogP contribution is 2.13. The normalized spacial score (nSPS) is 15.8. The number of rotatable bonds is 8. The molecule has 0 atom stereocenters. The molecule has 1 aliphatic heterocycles. The van der Waals surface area contributed by atoms with Crippen molar-refractivity contribution in [2.75, 3.05) is 44.7 Å². The predicted molar refractivity (Wildman–Crippen MR) is 117 cm³/mol. The first kappa shape index (κ1) is 22.0. The average Bonchev–Trinajstić information content (AvgIpc) is 2.61. The molecule has 3 N–H and O–H groups in total. The van der Waals surface area contributed by atoms with Crippen LogP contribution < -0.4 is 16.0 Å². The molecular formula is C18H33IN6. The number of nitrogens with one attached hydrogen (secondary N) is 1. The first-order valence-electron chi connectivity index (χ1n) is 9.11. The SMILES string of the molecule is CCCCCCNC(N)=NCc1ccc(N2CCN(C)CC2)nc1.I. The van der Waals surface area contributed by atoms with Crippen LogP contribution in [0, 0.1) is 0 Å². The average molecular weight is 460 g/mol. The Balaban J connectivity index is 0.00000312. The van der Waals surface area contributed by atoms with E-state index >= 15 is 0 Å². The Hall–Kier alpha value is -1.09. The van der Waals surface area contributed by atoms with Crippen LogP contribution in [0.15, 0.2) is 23.3 Å². The minimum atomic E-state index is 0. The van der Waals surface area contributed by atoms with E-state index in [0.29, 0.717) is 12.5 Å². The molecule has 1 fully saturated rings. The number of nitrogens with zero attached hydrogens (tertiary/aromatic N) is 4. The summed E-state index contributed by atoms with van der Waals surface area (Å²) in [4.78, 5) is 13.6. The molecule has 0 unspecified atom stereocenters. The summed E-state index contributed by atoms with van der Waals surface area (Å²) in [6.07, 6.45) is 6.83. The Kier molecular flexibility index (Phi) is 10.8. The van der Waals surface area contributed by atoms with Gasteiger partial charge in [0.25, 0.3) is 0 Å². The fraction of sp³-hybridized carbons (Fsp3) is 0.667. The number of piperazine rings is 1. The van der Waals surface area contributed by atoms with Crippen molar-refractivity contribution in [2.24, 2.45) is 10.7 Å². The van der Waals surface area contributed by atoms with Crippen molar-refractivity contribution in [3.05, 3.63) is 23.9 Å². The van der Waals surface area contributed by atoms with Gasteiger partial charge in [-0.1, -0.05) is 32.3 Å². The zero-order valence-corrected chi connectivity index (χ0v) is 17.9. The maximum atomic E-state index is 5.90. The Morgan fingerprint density at radius 3 is 2.60 bits per heavy atom. The maximum Gasteiger partial charge on any atom is 0.188 e. The highest BCUT2D eigenvalue weighted by Gasteiger charge is 2.14. The second-order valence-electron chi connectivity index (χ2n) is 6.50. The van der Waals surface area contributed by atoms with Crippen molar-refractivity contribution in [2.45, 2.75) is 39.2 Å². The van der Waals surface area contributed by atoms with Crippen LogP contribution in [0.5, 0.6) is 0 Å². The summed E-state index contributed by atoms with van der Waals surface area (Å²) in [5.41, 5.74) is 6.99. The molecule has 6 nitrogen and oxygen atoms in total. The standard InChI is InChI=1S/C18H32N6.HI/c1-3-4-5-6-9-20-18(19)22-15-16-7-8-17(21-14-16)24-12-10-23(2)11-13-24;/h7-8,14H,3-6,9-13,15H2,1-2H3,(H3,19,20,22);1H. The van der Waals surface area contributed by atoms with Crippen LogP contribution in [0.3, 0.4) is 0 Å². The number of aromatic nitrogens is 1. The van der Waals surface area contributed by atoms with Crippen LogP contribution in [0.25, 0.3) is 0 Å². The highest BCUT2D eigenvalue weighted by atomic mass is 127. The molecule has 7 heteroatoms. The van der Waals surface area contributed by atoms with Crippen LogP contribution in [-0.4, -0.2) is 55.6 Å². The van der Waals surface area contributed by atoms with E-state index in [2.05, 4.69) is 51.2 Å². The fourth-order valence-electron chi connectivity index (χ4n) is 2.73. The summed E-state index contributed by atoms with van der Waals surface area (Å²) in [7, 11) is 2.16. The van der Waals surface area contributed by atoms with E-state index in [1.807, 2.05) is 6.20 Å². The lowest BCUT2D eigenvalue weighted by Crippen LogP contribution is -2.44. The Morgan fingerprint density at radius 2 is 1.96 bits per heavy atom. The summed E-state index contributed by atoms with van der Waals surface area (Å²) in [5.74, 6) is 1.58. The van der Waals surface area contributed by atoms with Gasteiger partial charge >= 0.3 is 0 Å². The number of nitrogens with two attached hydrogens (primary N) is 1. The molecule has 25 heavy (non-hydrogen) atoms. The Labute approximate surface area is 169 Å². The van der Waals surface area contributed by atoms with E-state index in [1.54, 1.807) is 0 Å². The van der Waals surface area contributed by atoms with Gasteiger partial charge in [-0.3, -0.25) is 0 Å². The molecule has 142 valence electrons. The van der Waals surface area contributed by atoms with Crippen molar-refractivity contribution < 1.29 is 0 Å². The third-order valence-corrected chi connectivity index (χ3v) is 4.40. The zero-order chi connectivity index (χ0) is 17.2. The van der Waals surface area contributed by atoms with E-state index < -0.39 is 0 Å². The van der Waals surface area contributed by atoms with Gasteiger partial charge in [0.05, 0.1) is 6.54 Å². The number of unbranched alkanes of at least 4 members (excludes halogenated alkanes) is 3. The van der Waals surface area contributed by atoms with Gasteiger partial charge in [0.2, 0.25) is 0 Å². The molecule has 0 aromatic carbocycles. The van der Waals surface area contributed by atoms with Gasteiger partial charge in [-0.05, 0) is 25.1 Å². The molecule has 1 aliphatic rings. The Morgan fingerprint density at radius 1 is 1.20 bits per heavy atom. The monoisotopic (exact) mass is 460 g/mol. The van der Waals surface area contributed by atoms with Crippen LogP contribution in [0.2, 0.25) is 0 Å². The van der Waals surface area contributed by atoms with Gasteiger partial charge in [-0.15, -0.1) is 24.0 Å². The molecule has 1 aromatic heterocycles. The number of hydrogen-bond donors (Lipinski definition) is 2. The van der Waals surface area contributed by atoms with E-state index in [1.165, 1.54) is 19.3 Å². The number of pyridine rings is 1. The molecule has 2 heterocycles. The third kappa shape index (κ3) is 8.22. The predicted octanol–water partition coefficient (Wildman–Crippen LogP) is 2.44. The van der Waals surface area contributed by atoms with Crippen molar-refractivity contribution >= 4 is 35.8 Å². The highest BCUT2D eigenvalue weighted by molar-refractivity contribution is 14.0. The second-order valence-corrected chi connectivity index (χ2v) is 6.50. The Bertz CT molecular complexity index is 497. The third-order valence-electron chi connectivity index (χ3n) is 4.40. The minimum Gasteiger partial charge on any atom is -0.370 e. The smallest absolute Gasteiger partial charge is 0.188 e. The summed E-state index contributed by atoms with van der Waals surface area (Å²) in [6.45, 7) is 7.94. The van der Waals surface area contributed by atoms with Gasteiger partial charge in [-0.25, -0.2) is 9.98 Å². The zero-order valence-electron chi connectivity index (χ0n) is 15.6. The number of halogens is 1. The van der Waals surface area contributed by atoms with Gasteiger partial charge in [0, 0.05) is 38.9 Å². The first-order valence-corrected chi connectivity index (χ1v) is 9.11. The van der Waals surface area contributed by atoms with E-state index in [9.17, 15) is 0 Å². The van der Waals surface area contributed by atoms with Gasteiger partial charge in [-0.2, -0.15) is 0 Å². The van der Waals surface area contributed by atoms with Crippen molar-refractivity contribution in [1.29, 1.82) is 0 Å². The summed E-state index contributed by atoms with van der Waals surface area (Å²) >= 11 is 0. The van der Waals surface area contributed by atoms with Crippen molar-refractivity contribution in [3.8, 4) is 0 Å². The maximum absolute atomic E-state index is 5.90. The molecule has 1 saturated heterocycles. The van der Waals surface area contributed by atoms with Crippen LogP contribution >= 0.6 is 24.0 Å². The molecule has 0 radical (unpaired) electrons. The number of hydrogen-bond acceptors (Lipinski definition) is 4. The molecule has 0 saturated carbocycles. The lowest BCUT2D eigenvalue weighted by molar-refractivity contribution is 0.312. The topological polar surface area (TPSA) is 69.8 Å². The van der Waals surface area contributed by atoms with Crippen LogP contribution in [0.4, 0.5) is 5.82 Å². The van der Waals surface area contributed by atoms with E-state index in [-0.39, 0.29) is 24.0 Å². The van der Waals surface area contributed by atoms with Crippen molar-refractivity contribution in [1.82, 2.24) is 15.2 Å². The summed E-state index contributed by atoms with van der Waals surface area (Å²) in [5, 5.41) is 3.17. The van der Waals surface area contributed by atoms with E-state index in [4.69, 9.17) is 5.73 Å². The lowest BCUT2D eigenvalue weighted by Gasteiger charge is -2.33. The fourth-order valence-corrected chi connectivity index (χ4v) is 2.73. The van der Waals surface area contributed by atoms with Crippen molar-refractivity contribution in [3.63, 3.8) is 0 Å². The number of guanidine groups is 1. The quantitative estimate of drug-likeness (QED) is 0.270. The largest absolute Gasteiger partial charge is 0.370 e. The summed E-state index contributed by atoms with van der Waals surface area (Å²) < 4.78 is 0. The summed E-state index contributed by atoms with van der Waals surface area (Å²) in [6, 6.07) is 4.18. The molecular weight excluding hydrogens is 427 g/mol.